The normalized spacial score (nSPS) is 19.6. The first-order chi connectivity index (χ1) is 20.8. The van der Waals surface area contributed by atoms with E-state index in [1.807, 2.05) is 24.3 Å². The van der Waals surface area contributed by atoms with Crippen molar-refractivity contribution in [3.8, 4) is 0 Å². The van der Waals surface area contributed by atoms with Gasteiger partial charge in [0, 0.05) is 36.2 Å². The Balaban J connectivity index is 1.58. The van der Waals surface area contributed by atoms with Crippen LogP contribution >= 0.6 is 22.7 Å². The number of thiophene rings is 2. The molecule has 0 saturated heterocycles. The minimum absolute atomic E-state index is 0.182. The van der Waals surface area contributed by atoms with Crippen LogP contribution in [0, 0.1) is 20.8 Å². The van der Waals surface area contributed by atoms with Crippen molar-refractivity contribution >= 4 is 56.8 Å². The molecule has 0 bridgehead atoms. The average Bonchev–Trinajstić information content (AvgIpc) is 3.55. The molecule has 0 N–H and O–H groups in total. The van der Waals surface area contributed by atoms with Crippen LogP contribution in [0.15, 0.2) is 85.0 Å². The first-order valence-electron chi connectivity index (χ1n) is 13.6. The number of hydrogen-bond donors (Lipinski definition) is 0. The Labute approximate surface area is 258 Å². The van der Waals surface area contributed by atoms with Crippen LogP contribution in [0.2, 0.25) is 0 Å². The van der Waals surface area contributed by atoms with E-state index in [9.17, 15) is 13.6 Å². The van der Waals surface area contributed by atoms with Crippen molar-refractivity contribution in [2.45, 2.75) is 38.5 Å². The summed E-state index contributed by atoms with van der Waals surface area (Å²) in [6, 6.07) is 18.8. The number of carbonyl (C=O) groups excluding carboxylic acids is 1. The van der Waals surface area contributed by atoms with Crippen molar-refractivity contribution < 1.29 is 31.1 Å². The monoisotopic (exact) mass is 638 g/mol. The predicted octanol–water partition coefficient (Wildman–Crippen LogP) is 10.7. The minimum Gasteiger partial charge on any atom is -0.289 e. The summed E-state index contributed by atoms with van der Waals surface area (Å²) in [4.78, 5) is 14.2. The van der Waals surface area contributed by atoms with E-state index in [4.69, 9.17) is 0 Å². The molecule has 2 aromatic carbocycles. The number of ketones is 1. The average molecular weight is 639 g/mol. The fourth-order valence-corrected chi connectivity index (χ4v) is 7.73. The molecule has 2 aliphatic rings. The molecule has 0 fully saturated rings. The Hall–Kier alpha value is -3.95. The van der Waals surface area contributed by atoms with Crippen LogP contribution in [-0.2, 0) is 4.79 Å². The van der Waals surface area contributed by atoms with Crippen LogP contribution in [0.3, 0.4) is 0 Å². The molecule has 0 aliphatic heterocycles. The van der Waals surface area contributed by atoms with Gasteiger partial charge >= 0.3 is 17.8 Å². The third-order valence-electron chi connectivity index (χ3n) is 7.86. The fraction of sp³-hybridized carbons (Fsp3) is 0.171. The van der Waals surface area contributed by atoms with Crippen LogP contribution in [0.5, 0.6) is 0 Å². The number of allylic oxidation sites excluding steroid dienone is 6. The van der Waals surface area contributed by atoms with Gasteiger partial charge in [-0.2, -0.15) is 26.3 Å². The molecule has 0 atom stereocenters. The fourth-order valence-electron chi connectivity index (χ4n) is 5.73. The zero-order valence-corrected chi connectivity index (χ0v) is 25.3. The van der Waals surface area contributed by atoms with E-state index >= 15 is 17.6 Å². The van der Waals surface area contributed by atoms with E-state index in [0.29, 0.717) is 26.5 Å². The lowest BCUT2D eigenvalue weighted by molar-refractivity contribution is -0.254. The molecule has 2 heterocycles. The SMILES string of the molecule is Cc1cc(C2=C(c3cc(/C(=C/C=C4/C(=O)C=Cc5ccccc54)c4ccccc4)sc3C)C(F)(F)C(F)(F)C2(F)F)c(C)s1. The zero-order valence-electron chi connectivity index (χ0n) is 23.7. The Bertz CT molecular complexity index is 1940. The van der Waals surface area contributed by atoms with Gasteiger partial charge < -0.3 is 0 Å². The van der Waals surface area contributed by atoms with Gasteiger partial charge in [-0.3, -0.25) is 4.79 Å². The highest BCUT2D eigenvalue weighted by Crippen LogP contribution is 2.66. The van der Waals surface area contributed by atoms with Gasteiger partial charge in [0.2, 0.25) is 0 Å². The van der Waals surface area contributed by atoms with E-state index in [-0.39, 0.29) is 26.7 Å². The second-order valence-electron chi connectivity index (χ2n) is 10.7. The van der Waals surface area contributed by atoms with Crippen molar-refractivity contribution in [2.24, 2.45) is 0 Å². The summed E-state index contributed by atoms with van der Waals surface area (Å²) in [5.74, 6) is -16.1. The minimum atomic E-state index is -5.63. The number of fused-ring (bicyclic) bond motifs is 1. The largest absolute Gasteiger partial charge is 0.380 e. The second-order valence-corrected chi connectivity index (χ2v) is 13.4. The molecule has 0 radical (unpaired) electrons. The molecule has 0 spiro atoms. The highest BCUT2D eigenvalue weighted by atomic mass is 32.1. The van der Waals surface area contributed by atoms with E-state index in [1.54, 1.807) is 55.5 Å². The zero-order chi connectivity index (χ0) is 31.6. The molecule has 9 heteroatoms. The van der Waals surface area contributed by atoms with Crippen molar-refractivity contribution in [1.82, 2.24) is 0 Å². The van der Waals surface area contributed by atoms with E-state index in [2.05, 4.69) is 0 Å². The Kier molecular flexibility index (Phi) is 7.25. The van der Waals surface area contributed by atoms with Crippen LogP contribution in [0.4, 0.5) is 26.3 Å². The summed E-state index contributed by atoms with van der Waals surface area (Å²) in [6.45, 7) is 4.52. The van der Waals surface area contributed by atoms with Gasteiger partial charge in [-0.25, -0.2) is 0 Å². The van der Waals surface area contributed by atoms with Crippen molar-refractivity contribution in [2.75, 3.05) is 0 Å². The highest BCUT2D eigenvalue weighted by Gasteiger charge is 2.80. The van der Waals surface area contributed by atoms with Crippen LogP contribution in [0.25, 0.3) is 28.4 Å². The number of halogens is 6. The molecule has 0 saturated carbocycles. The third kappa shape index (κ3) is 4.56. The summed E-state index contributed by atoms with van der Waals surface area (Å²) in [7, 11) is 0. The van der Waals surface area contributed by atoms with Gasteiger partial charge in [0.1, 0.15) is 0 Å². The molecule has 1 nitrogen and oxygen atoms in total. The van der Waals surface area contributed by atoms with Gasteiger partial charge in [-0.15, -0.1) is 22.7 Å². The standard InChI is InChI=1S/C35H24F6OS2/c1-19-17-27(20(2)43-19)31-32(34(38,39)35(40,41)33(31,36)37)28-18-30(44-21(28)3)25(22-9-5-4-6-10-22)14-15-26-24-12-8-7-11-23(24)13-16-29(26)42/h4-18H,1-3H3/b25-14+,26-15+. The third-order valence-corrected chi connectivity index (χ3v) is 9.91. The van der Waals surface area contributed by atoms with E-state index < -0.39 is 28.9 Å². The molecule has 2 aromatic heterocycles. The number of alkyl halides is 6. The van der Waals surface area contributed by atoms with Crippen molar-refractivity contribution in [1.29, 1.82) is 0 Å². The topological polar surface area (TPSA) is 17.1 Å². The molecular formula is C35H24F6OS2. The molecular weight excluding hydrogens is 615 g/mol. The lowest BCUT2D eigenvalue weighted by atomic mass is 9.90. The molecule has 224 valence electrons. The Morgan fingerprint density at radius 1 is 0.705 bits per heavy atom. The number of carbonyl (C=O) groups is 1. The lowest BCUT2D eigenvalue weighted by Gasteiger charge is -2.25. The Morgan fingerprint density at radius 2 is 1.30 bits per heavy atom. The molecule has 0 unspecified atom stereocenters. The number of hydrogen-bond acceptors (Lipinski definition) is 3. The number of aryl methyl sites for hydroxylation is 3. The summed E-state index contributed by atoms with van der Waals surface area (Å²) in [5, 5.41) is 0. The van der Waals surface area contributed by atoms with Crippen LogP contribution < -0.4 is 0 Å². The van der Waals surface area contributed by atoms with Crippen molar-refractivity contribution in [3.05, 3.63) is 132 Å². The lowest BCUT2D eigenvalue weighted by Crippen LogP contribution is -2.48. The van der Waals surface area contributed by atoms with Gasteiger partial charge in [0.05, 0.1) is 0 Å². The maximum atomic E-state index is 15.6. The van der Waals surface area contributed by atoms with Crippen LogP contribution in [-0.4, -0.2) is 23.6 Å². The second kappa shape index (κ2) is 10.6. The van der Waals surface area contributed by atoms with E-state index in [1.165, 1.54) is 32.1 Å². The first-order valence-corrected chi connectivity index (χ1v) is 15.3. The van der Waals surface area contributed by atoms with Gasteiger partial charge in [-0.05, 0) is 78.4 Å². The summed E-state index contributed by atoms with van der Waals surface area (Å²) in [6.07, 6.45) is 6.49. The maximum absolute atomic E-state index is 15.6. The van der Waals surface area contributed by atoms with Crippen molar-refractivity contribution in [3.63, 3.8) is 0 Å². The molecule has 2 aliphatic carbocycles. The molecule has 4 aromatic rings. The summed E-state index contributed by atoms with van der Waals surface area (Å²) < 4.78 is 91.9. The maximum Gasteiger partial charge on any atom is 0.380 e. The molecule has 0 amide bonds. The first kappa shape index (κ1) is 30.1. The number of rotatable bonds is 5. The number of benzene rings is 2. The highest BCUT2D eigenvalue weighted by molar-refractivity contribution is 7.13. The molecule has 6 rings (SSSR count). The molecule has 44 heavy (non-hydrogen) atoms. The van der Waals surface area contributed by atoms with Gasteiger partial charge in [0.25, 0.3) is 0 Å². The predicted molar refractivity (Wildman–Crippen MR) is 166 cm³/mol. The van der Waals surface area contributed by atoms with Gasteiger partial charge in [-0.1, -0.05) is 66.7 Å². The Morgan fingerprint density at radius 3 is 1.93 bits per heavy atom. The summed E-state index contributed by atoms with van der Waals surface area (Å²) >= 11 is 2.11. The van der Waals surface area contributed by atoms with Gasteiger partial charge in [0.15, 0.2) is 5.78 Å². The quantitative estimate of drug-likeness (QED) is 0.157. The van der Waals surface area contributed by atoms with Crippen LogP contribution in [0.1, 0.15) is 47.3 Å². The smallest absolute Gasteiger partial charge is 0.289 e. The summed E-state index contributed by atoms with van der Waals surface area (Å²) in [5.41, 5.74) is -0.197. The van der Waals surface area contributed by atoms with E-state index in [0.717, 1.165) is 33.8 Å².